The van der Waals surface area contributed by atoms with Gasteiger partial charge >= 0.3 is 0 Å². The summed E-state index contributed by atoms with van der Waals surface area (Å²) in [7, 11) is 0. The highest BCUT2D eigenvalue weighted by Crippen LogP contribution is 2.20. The van der Waals surface area contributed by atoms with Gasteiger partial charge in [0, 0.05) is 17.9 Å². The molecule has 0 atom stereocenters. The summed E-state index contributed by atoms with van der Waals surface area (Å²) in [5.74, 6) is -0.934. The SMILES string of the molecule is CCn1c(CC(=O)Nc2ccc(F)cc2)nnc1SCC(=O)Nc1cc(F)ccc1C. The summed E-state index contributed by atoms with van der Waals surface area (Å²) in [6.07, 6.45) is -0.0204. The lowest BCUT2D eigenvalue weighted by Crippen LogP contribution is -2.18. The molecule has 0 saturated heterocycles. The minimum atomic E-state index is -0.428. The number of carbonyl (C=O) groups is 2. The average Bonchev–Trinajstić information content (AvgIpc) is 3.12. The van der Waals surface area contributed by atoms with E-state index in [4.69, 9.17) is 0 Å². The van der Waals surface area contributed by atoms with Gasteiger partial charge in [0.15, 0.2) is 5.16 Å². The molecule has 10 heteroatoms. The Labute approximate surface area is 182 Å². The smallest absolute Gasteiger partial charge is 0.234 e. The standard InChI is InChI=1S/C21H21F2N5O2S/c1-3-28-18(11-19(29)24-16-8-6-14(22)7-9-16)26-27-21(28)31-12-20(30)25-17-10-15(23)5-4-13(17)2/h4-10H,3,11-12H2,1-2H3,(H,24,29)(H,25,30). The van der Waals surface area contributed by atoms with E-state index in [1.807, 2.05) is 6.92 Å². The van der Waals surface area contributed by atoms with Gasteiger partial charge in [0.05, 0.1) is 12.2 Å². The Bertz CT molecular complexity index is 1090. The molecule has 3 aromatic rings. The van der Waals surface area contributed by atoms with Gasteiger partial charge < -0.3 is 15.2 Å². The van der Waals surface area contributed by atoms with Gasteiger partial charge in [0.2, 0.25) is 11.8 Å². The van der Waals surface area contributed by atoms with E-state index in [2.05, 4.69) is 20.8 Å². The molecule has 2 amide bonds. The van der Waals surface area contributed by atoms with Crippen LogP contribution in [-0.2, 0) is 22.6 Å². The summed E-state index contributed by atoms with van der Waals surface area (Å²) in [5, 5.41) is 14.0. The lowest BCUT2D eigenvalue weighted by Gasteiger charge is -2.09. The van der Waals surface area contributed by atoms with E-state index in [0.717, 1.165) is 5.56 Å². The van der Waals surface area contributed by atoms with Crippen LogP contribution in [0.15, 0.2) is 47.6 Å². The fourth-order valence-electron chi connectivity index (χ4n) is 2.80. The van der Waals surface area contributed by atoms with Crippen molar-refractivity contribution >= 4 is 35.0 Å². The Morgan fingerprint density at radius 3 is 2.42 bits per heavy atom. The molecular formula is C21H21F2N5O2S. The minimum absolute atomic E-state index is 0.0204. The Morgan fingerprint density at radius 2 is 1.71 bits per heavy atom. The molecule has 162 valence electrons. The molecule has 0 aliphatic heterocycles. The van der Waals surface area contributed by atoms with Crippen molar-refractivity contribution in [2.45, 2.75) is 32.0 Å². The molecule has 0 unspecified atom stereocenters. The van der Waals surface area contributed by atoms with Crippen molar-refractivity contribution in [2.24, 2.45) is 0 Å². The third-order valence-corrected chi connectivity index (χ3v) is 5.33. The molecule has 2 aromatic carbocycles. The van der Waals surface area contributed by atoms with E-state index in [1.54, 1.807) is 17.6 Å². The molecule has 7 nitrogen and oxygen atoms in total. The first kappa shape index (κ1) is 22.4. The van der Waals surface area contributed by atoms with Gasteiger partial charge in [0.25, 0.3) is 0 Å². The molecule has 0 aliphatic carbocycles. The first-order valence-electron chi connectivity index (χ1n) is 9.52. The van der Waals surface area contributed by atoms with Crippen LogP contribution in [0.4, 0.5) is 20.2 Å². The number of anilines is 2. The van der Waals surface area contributed by atoms with Crippen LogP contribution < -0.4 is 10.6 Å². The summed E-state index contributed by atoms with van der Waals surface area (Å²) in [6.45, 7) is 4.17. The number of nitrogens with one attached hydrogen (secondary N) is 2. The van der Waals surface area contributed by atoms with Crippen molar-refractivity contribution in [2.75, 3.05) is 16.4 Å². The van der Waals surface area contributed by atoms with E-state index in [0.29, 0.717) is 28.9 Å². The molecule has 0 radical (unpaired) electrons. The highest BCUT2D eigenvalue weighted by molar-refractivity contribution is 7.99. The monoisotopic (exact) mass is 445 g/mol. The maximum Gasteiger partial charge on any atom is 0.234 e. The Balaban J connectivity index is 1.59. The summed E-state index contributed by atoms with van der Waals surface area (Å²) >= 11 is 1.17. The predicted molar refractivity (Wildman–Crippen MR) is 115 cm³/mol. The van der Waals surface area contributed by atoms with Gasteiger partial charge in [-0.25, -0.2) is 8.78 Å². The predicted octanol–water partition coefficient (Wildman–Crippen LogP) is 3.80. The van der Waals surface area contributed by atoms with Crippen LogP contribution in [0, 0.1) is 18.6 Å². The zero-order chi connectivity index (χ0) is 22.4. The quantitative estimate of drug-likeness (QED) is 0.515. The molecule has 0 saturated carbocycles. The number of aryl methyl sites for hydroxylation is 1. The number of carbonyl (C=O) groups excluding carboxylic acids is 2. The summed E-state index contributed by atoms with van der Waals surface area (Å²) < 4.78 is 28.1. The highest BCUT2D eigenvalue weighted by atomic mass is 32.2. The van der Waals surface area contributed by atoms with Crippen molar-refractivity contribution < 1.29 is 18.4 Å². The van der Waals surface area contributed by atoms with Crippen molar-refractivity contribution in [1.29, 1.82) is 0 Å². The van der Waals surface area contributed by atoms with Gasteiger partial charge in [0.1, 0.15) is 17.5 Å². The van der Waals surface area contributed by atoms with Gasteiger partial charge in [-0.3, -0.25) is 9.59 Å². The molecule has 0 aliphatic rings. The molecule has 2 N–H and O–H groups in total. The molecule has 1 aromatic heterocycles. The zero-order valence-corrected chi connectivity index (χ0v) is 17.8. The van der Waals surface area contributed by atoms with Crippen LogP contribution in [-0.4, -0.2) is 32.3 Å². The second kappa shape index (κ2) is 10.2. The van der Waals surface area contributed by atoms with E-state index in [-0.39, 0.29) is 29.8 Å². The van der Waals surface area contributed by atoms with E-state index in [9.17, 15) is 18.4 Å². The van der Waals surface area contributed by atoms with Crippen LogP contribution in [0.25, 0.3) is 0 Å². The average molecular weight is 445 g/mol. The van der Waals surface area contributed by atoms with Gasteiger partial charge in [-0.1, -0.05) is 17.8 Å². The van der Waals surface area contributed by atoms with Crippen molar-refractivity contribution in [1.82, 2.24) is 14.8 Å². The number of nitrogens with zero attached hydrogens (tertiary/aromatic N) is 3. The summed E-state index contributed by atoms with van der Waals surface area (Å²) in [5.41, 5.74) is 1.65. The minimum Gasteiger partial charge on any atom is -0.326 e. The van der Waals surface area contributed by atoms with Crippen molar-refractivity contribution in [3.05, 3.63) is 65.5 Å². The van der Waals surface area contributed by atoms with Crippen LogP contribution in [0.2, 0.25) is 0 Å². The maximum absolute atomic E-state index is 13.4. The lowest BCUT2D eigenvalue weighted by molar-refractivity contribution is -0.116. The van der Waals surface area contributed by atoms with Crippen LogP contribution >= 0.6 is 11.8 Å². The molecule has 0 bridgehead atoms. The number of thioether (sulfide) groups is 1. The fourth-order valence-corrected chi connectivity index (χ4v) is 3.62. The number of benzene rings is 2. The summed E-state index contributed by atoms with van der Waals surface area (Å²) in [4.78, 5) is 24.5. The third kappa shape index (κ3) is 6.11. The number of aromatic nitrogens is 3. The molecule has 1 heterocycles. The number of halogens is 2. The van der Waals surface area contributed by atoms with Gasteiger partial charge in [-0.2, -0.15) is 0 Å². The number of amides is 2. The van der Waals surface area contributed by atoms with Gasteiger partial charge in [-0.05, 0) is 55.8 Å². The molecule has 31 heavy (non-hydrogen) atoms. The molecule has 0 spiro atoms. The first-order valence-corrected chi connectivity index (χ1v) is 10.5. The van der Waals surface area contributed by atoms with E-state index < -0.39 is 5.82 Å². The maximum atomic E-state index is 13.4. The van der Waals surface area contributed by atoms with Gasteiger partial charge in [-0.15, -0.1) is 10.2 Å². The van der Waals surface area contributed by atoms with E-state index in [1.165, 1.54) is 48.2 Å². The van der Waals surface area contributed by atoms with Crippen LogP contribution in [0.3, 0.4) is 0 Å². The van der Waals surface area contributed by atoms with Crippen molar-refractivity contribution in [3.8, 4) is 0 Å². The third-order valence-electron chi connectivity index (χ3n) is 4.36. The fraction of sp³-hybridized carbons (Fsp3) is 0.238. The second-order valence-corrected chi connectivity index (χ2v) is 7.61. The Hall–Kier alpha value is -3.27. The number of hydrogen-bond donors (Lipinski definition) is 2. The van der Waals surface area contributed by atoms with E-state index >= 15 is 0 Å². The largest absolute Gasteiger partial charge is 0.326 e. The van der Waals surface area contributed by atoms with Crippen LogP contribution in [0.1, 0.15) is 18.3 Å². The Kier molecular flexibility index (Phi) is 7.35. The lowest BCUT2D eigenvalue weighted by atomic mass is 10.2. The highest BCUT2D eigenvalue weighted by Gasteiger charge is 2.16. The normalized spacial score (nSPS) is 10.7. The Morgan fingerprint density at radius 1 is 1.00 bits per heavy atom. The second-order valence-electron chi connectivity index (χ2n) is 6.67. The topological polar surface area (TPSA) is 88.9 Å². The van der Waals surface area contributed by atoms with Crippen LogP contribution in [0.5, 0.6) is 0 Å². The molecular weight excluding hydrogens is 424 g/mol. The number of rotatable bonds is 8. The van der Waals surface area contributed by atoms with Crippen molar-refractivity contribution in [3.63, 3.8) is 0 Å². The zero-order valence-electron chi connectivity index (χ0n) is 17.0. The summed E-state index contributed by atoms with van der Waals surface area (Å²) in [6, 6.07) is 9.65. The molecule has 0 fully saturated rings. The molecule has 3 rings (SSSR count). The number of hydrogen-bond acceptors (Lipinski definition) is 5. The first-order chi connectivity index (χ1) is 14.9.